The van der Waals surface area contributed by atoms with E-state index in [1.54, 1.807) is 12.3 Å². The maximum absolute atomic E-state index is 11.3. The molecule has 0 aliphatic carbocycles. The number of nitrogens with one attached hydrogen (secondary N) is 1. The molecule has 1 heterocycles. The van der Waals surface area contributed by atoms with Crippen LogP contribution in [0.25, 0.3) is 0 Å². The van der Waals surface area contributed by atoms with Gasteiger partial charge < -0.3 is 10.1 Å². The van der Waals surface area contributed by atoms with Crippen LogP contribution in [0.2, 0.25) is 0 Å². The van der Waals surface area contributed by atoms with Crippen LogP contribution in [0.3, 0.4) is 0 Å². The second kappa shape index (κ2) is 6.41. The maximum atomic E-state index is 11.3. The smallest absolute Gasteiger partial charge is 0.408 e. The standard InChI is InChI=1S/C13H15BrN2O2/c1-13(2,3)18-12(17)16-9-5-7-10-6-4-8-15-11(10)14/h4,6,8H,9H2,1-3H3,(H,16,17). The maximum Gasteiger partial charge on any atom is 0.408 e. The predicted octanol–water partition coefficient (Wildman–Crippen LogP) is 2.72. The second-order valence-corrected chi connectivity index (χ2v) is 5.25. The van der Waals surface area contributed by atoms with Gasteiger partial charge in [-0.05, 0) is 48.8 Å². The van der Waals surface area contributed by atoms with Crippen molar-refractivity contribution in [1.29, 1.82) is 0 Å². The van der Waals surface area contributed by atoms with Crippen LogP contribution in [0, 0.1) is 11.8 Å². The zero-order chi connectivity index (χ0) is 13.6. The Morgan fingerprint density at radius 1 is 1.56 bits per heavy atom. The zero-order valence-electron chi connectivity index (χ0n) is 10.6. The molecule has 1 aromatic rings. The van der Waals surface area contributed by atoms with Gasteiger partial charge in [0.15, 0.2) is 0 Å². The summed E-state index contributed by atoms with van der Waals surface area (Å²) in [5, 5.41) is 2.56. The van der Waals surface area contributed by atoms with Gasteiger partial charge in [-0.25, -0.2) is 9.78 Å². The molecule has 0 fully saturated rings. The van der Waals surface area contributed by atoms with Crippen LogP contribution in [0.1, 0.15) is 26.3 Å². The Hall–Kier alpha value is -1.54. The highest BCUT2D eigenvalue weighted by Crippen LogP contribution is 2.10. The summed E-state index contributed by atoms with van der Waals surface area (Å²) in [6.07, 6.45) is 1.20. The van der Waals surface area contributed by atoms with Crippen LogP contribution in [-0.4, -0.2) is 23.2 Å². The minimum absolute atomic E-state index is 0.232. The first-order chi connectivity index (χ1) is 8.38. The molecule has 0 unspecified atom stereocenters. The quantitative estimate of drug-likeness (QED) is 0.641. The van der Waals surface area contributed by atoms with Crippen LogP contribution in [-0.2, 0) is 4.74 Å². The fourth-order valence-corrected chi connectivity index (χ4v) is 1.40. The third-order valence-corrected chi connectivity index (χ3v) is 2.33. The van der Waals surface area contributed by atoms with Gasteiger partial charge in [0.25, 0.3) is 0 Å². The van der Waals surface area contributed by atoms with Crippen molar-refractivity contribution in [2.24, 2.45) is 0 Å². The minimum atomic E-state index is -0.496. The van der Waals surface area contributed by atoms with Gasteiger partial charge in [-0.2, -0.15) is 0 Å². The SMILES string of the molecule is CC(C)(C)OC(=O)NCC#Cc1cccnc1Br. The summed E-state index contributed by atoms with van der Waals surface area (Å²) in [6, 6.07) is 3.65. The summed E-state index contributed by atoms with van der Waals surface area (Å²) >= 11 is 3.29. The van der Waals surface area contributed by atoms with E-state index in [9.17, 15) is 4.79 Å². The molecule has 0 aliphatic heterocycles. The van der Waals surface area contributed by atoms with Gasteiger partial charge in [-0.1, -0.05) is 11.8 Å². The topological polar surface area (TPSA) is 51.2 Å². The van der Waals surface area contributed by atoms with Crippen LogP contribution in [0.5, 0.6) is 0 Å². The van der Waals surface area contributed by atoms with Crippen molar-refractivity contribution in [3.8, 4) is 11.8 Å². The van der Waals surface area contributed by atoms with Gasteiger partial charge in [-0.15, -0.1) is 0 Å². The lowest BCUT2D eigenvalue weighted by atomic mass is 10.2. The lowest BCUT2D eigenvalue weighted by molar-refractivity contribution is 0.0535. The van der Waals surface area contributed by atoms with E-state index in [1.807, 2.05) is 26.8 Å². The molecular formula is C13H15BrN2O2. The molecule has 96 valence electrons. The number of ether oxygens (including phenoxy) is 1. The molecule has 0 atom stereocenters. The van der Waals surface area contributed by atoms with E-state index < -0.39 is 11.7 Å². The molecule has 18 heavy (non-hydrogen) atoms. The number of amides is 1. The fraction of sp³-hybridized carbons (Fsp3) is 0.385. The first-order valence-electron chi connectivity index (χ1n) is 5.45. The van der Waals surface area contributed by atoms with Gasteiger partial charge in [0, 0.05) is 6.20 Å². The highest BCUT2D eigenvalue weighted by atomic mass is 79.9. The van der Waals surface area contributed by atoms with E-state index in [1.165, 1.54) is 0 Å². The highest BCUT2D eigenvalue weighted by molar-refractivity contribution is 9.10. The van der Waals surface area contributed by atoms with Crippen molar-refractivity contribution in [3.05, 3.63) is 28.5 Å². The number of hydrogen-bond donors (Lipinski definition) is 1. The number of nitrogens with zero attached hydrogens (tertiary/aromatic N) is 1. The molecule has 4 nitrogen and oxygen atoms in total. The first-order valence-corrected chi connectivity index (χ1v) is 6.24. The highest BCUT2D eigenvalue weighted by Gasteiger charge is 2.14. The van der Waals surface area contributed by atoms with E-state index >= 15 is 0 Å². The molecule has 1 rings (SSSR count). The van der Waals surface area contributed by atoms with E-state index in [-0.39, 0.29) is 6.54 Å². The summed E-state index contributed by atoms with van der Waals surface area (Å²) in [7, 11) is 0. The average molecular weight is 311 g/mol. The Morgan fingerprint density at radius 3 is 2.89 bits per heavy atom. The Kier molecular flexibility index (Phi) is 5.17. The Morgan fingerprint density at radius 2 is 2.28 bits per heavy atom. The van der Waals surface area contributed by atoms with Crippen LogP contribution < -0.4 is 5.32 Å². The Labute approximate surface area is 115 Å². The van der Waals surface area contributed by atoms with Gasteiger partial charge in [0.1, 0.15) is 10.2 Å². The van der Waals surface area contributed by atoms with Gasteiger partial charge in [-0.3, -0.25) is 0 Å². The van der Waals surface area contributed by atoms with Crippen molar-refractivity contribution in [1.82, 2.24) is 10.3 Å². The van der Waals surface area contributed by atoms with E-state index in [0.717, 1.165) is 5.56 Å². The van der Waals surface area contributed by atoms with E-state index in [0.29, 0.717) is 4.60 Å². The first kappa shape index (κ1) is 14.5. The third kappa shape index (κ3) is 5.69. The molecule has 1 amide bonds. The van der Waals surface area contributed by atoms with Gasteiger partial charge in [0.05, 0.1) is 12.1 Å². The van der Waals surface area contributed by atoms with Crippen molar-refractivity contribution < 1.29 is 9.53 Å². The normalized spacial score (nSPS) is 10.2. The molecule has 0 aromatic carbocycles. The van der Waals surface area contributed by atoms with Gasteiger partial charge >= 0.3 is 6.09 Å². The number of carbonyl (C=O) groups is 1. The van der Waals surface area contributed by atoms with Crippen molar-refractivity contribution >= 4 is 22.0 Å². The van der Waals surface area contributed by atoms with Crippen LogP contribution in [0.4, 0.5) is 4.79 Å². The van der Waals surface area contributed by atoms with E-state index in [2.05, 4.69) is 38.1 Å². The van der Waals surface area contributed by atoms with Crippen LogP contribution >= 0.6 is 15.9 Å². The molecule has 0 saturated heterocycles. The molecule has 1 N–H and O–H groups in total. The van der Waals surface area contributed by atoms with E-state index in [4.69, 9.17) is 4.74 Å². The average Bonchev–Trinajstić information content (AvgIpc) is 2.24. The third-order valence-electron chi connectivity index (χ3n) is 1.70. The summed E-state index contributed by atoms with van der Waals surface area (Å²) in [4.78, 5) is 15.4. The molecule has 0 saturated carbocycles. The molecule has 1 aromatic heterocycles. The number of alkyl carbamates (subject to hydrolysis) is 1. The summed E-state index contributed by atoms with van der Waals surface area (Å²) < 4.78 is 5.76. The lowest BCUT2D eigenvalue weighted by Crippen LogP contribution is -2.32. The molecule has 0 radical (unpaired) electrons. The summed E-state index contributed by atoms with van der Waals surface area (Å²) in [5.74, 6) is 5.73. The van der Waals surface area contributed by atoms with Crippen molar-refractivity contribution in [2.45, 2.75) is 26.4 Å². The van der Waals surface area contributed by atoms with Crippen molar-refractivity contribution in [2.75, 3.05) is 6.54 Å². The number of aromatic nitrogens is 1. The minimum Gasteiger partial charge on any atom is -0.444 e. The molecule has 0 aliphatic rings. The predicted molar refractivity (Wildman–Crippen MR) is 73.1 cm³/mol. The van der Waals surface area contributed by atoms with Crippen LogP contribution in [0.15, 0.2) is 22.9 Å². The number of hydrogen-bond acceptors (Lipinski definition) is 3. The molecular weight excluding hydrogens is 296 g/mol. The molecule has 0 spiro atoms. The largest absolute Gasteiger partial charge is 0.444 e. The van der Waals surface area contributed by atoms with Gasteiger partial charge in [0.2, 0.25) is 0 Å². The molecule has 0 bridgehead atoms. The lowest BCUT2D eigenvalue weighted by Gasteiger charge is -2.18. The molecule has 5 heteroatoms. The Bertz CT molecular complexity index is 484. The summed E-state index contributed by atoms with van der Waals surface area (Å²) in [6.45, 7) is 5.66. The number of halogens is 1. The summed E-state index contributed by atoms with van der Waals surface area (Å²) in [5.41, 5.74) is 0.285. The zero-order valence-corrected chi connectivity index (χ0v) is 12.2. The number of carbonyl (C=O) groups excluding carboxylic acids is 1. The number of rotatable bonds is 1. The Balaban J connectivity index is 2.44. The number of pyridine rings is 1. The fourth-order valence-electron chi connectivity index (χ4n) is 1.05. The monoisotopic (exact) mass is 310 g/mol. The second-order valence-electron chi connectivity index (χ2n) is 4.50. The van der Waals surface area contributed by atoms with Crippen molar-refractivity contribution in [3.63, 3.8) is 0 Å².